The number of aliphatic carboxylic acids is 1. The second-order valence-electron chi connectivity index (χ2n) is 5.79. The number of hydrogen-bond acceptors (Lipinski definition) is 4. The molecule has 0 radical (unpaired) electrons. The van der Waals surface area contributed by atoms with Gasteiger partial charge in [0.05, 0.1) is 10.8 Å². The Labute approximate surface area is 120 Å². The molecule has 112 valence electrons. The van der Waals surface area contributed by atoms with Gasteiger partial charge in [0.1, 0.15) is 11.5 Å². The van der Waals surface area contributed by atoms with Crippen molar-refractivity contribution in [3.63, 3.8) is 0 Å². The molecule has 0 aromatic heterocycles. The number of anilines is 1. The summed E-state index contributed by atoms with van der Waals surface area (Å²) in [6, 6.07) is 2.81. The SMILES string of the molecule is O=C(O)C1C2CCC(C2)C1Nc1cc(F)ccc1[N+](=O)[O-]. The van der Waals surface area contributed by atoms with E-state index >= 15 is 0 Å². The van der Waals surface area contributed by atoms with Gasteiger partial charge in [-0.3, -0.25) is 14.9 Å². The van der Waals surface area contributed by atoms with Gasteiger partial charge in [-0.05, 0) is 37.2 Å². The smallest absolute Gasteiger partial charge is 0.308 e. The van der Waals surface area contributed by atoms with Gasteiger partial charge in [0.25, 0.3) is 5.69 Å². The number of nitro groups is 1. The van der Waals surface area contributed by atoms with E-state index in [-0.39, 0.29) is 29.3 Å². The van der Waals surface area contributed by atoms with Crippen LogP contribution in [0.4, 0.5) is 15.8 Å². The van der Waals surface area contributed by atoms with Gasteiger partial charge < -0.3 is 10.4 Å². The van der Waals surface area contributed by atoms with Gasteiger partial charge >= 0.3 is 5.97 Å². The first-order valence-corrected chi connectivity index (χ1v) is 6.90. The van der Waals surface area contributed by atoms with Gasteiger partial charge in [-0.25, -0.2) is 4.39 Å². The second kappa shape index (κ2) is 4.98. The van der Waals surface area contributed by atoms with E-state index in [1.54, 1.807) is 0 Å². The summed E-state index contributed by atoms with van der Waals surface area (Å²) in [5.74, 6) is -1.75. The summed E-state index contributed by atoms with van der Waals surface area (Å²) in [5.41, 5.74) is -0.174. The van der Waals surface area contributed by atoms with E-state index in [0.717, 1.165) is 37.5 Å². The molecule has 7 heteroatoms. The lowest BCUT2D eigenvalue weighted by atomic mass is 9.84. The molecular formula is C14H15FN2O4. The van der Waals surface area contributed by atoms with E-state index in [0.29, 0.717) is 0 Å². The van der Waals surface area contributed by atoms with Crippen molar-refractivity contribution in [1.82, 2.24) is 0 Å². The minimum absolute atomic E-state index is 0.0591. The van der Waals surface area contributed by atoms with Crippen molar-refractivity contribution in [3.05, 3.63) is 34.1 Å². The quantitative estimate of drug-likeness (QED) is 0.658. The van der Waals surface area contributed by atoms with Crippen molar-refractivity contribution in [2.45, 2.75) is 25.3 Å². The number of nitrogens with zero attached hydrogens (tertiary/aromatic N) is 1. The fourth-order valence-electron chi connectivity index (χ4n) is 3.82. The number of carboxylic acid groups (broad SMARTS) is 1. The second-order valence-corrected chi connectivity index (χ2v) is 5.79. The third-order valence-corrected chi connectivity index (χ3v) is 4.68. The monoisotopic (exact) mass is 294 g/mol. The molecule has 2 N–H and O–H groups in total. The largest absolute Gasteiger partial charge is 0.481 e. The van der Waals surface area contributed by atoms with Crippen LogP contribution in [0, 0.1) is 33.7 Å². The summed E-state index contributed by atoms with van der Waals surface area (Å²) in [6.45, 7) is 0. The Morgan fingerprint density at radius 3 is 2.76 bits per heavy atom. The molecule has 1 aromatic rings. The van der Waals surface area contributed by atoms with Crippen LogP contribution in [-0.4, -0.2) is 22.0 Å². The van der Waals surface area contributed by atoms with Gasteiger partial charge in [-0.2, -0.15) is 0 Å². The van der Waals surface area contributed by atoms with Gasteiger partial charge in [0.15, 0.2) is 0 Å². The molecule has 0 heterocycles. The predicted molar refractivity (Wildman–Crippen MR) is 72.4 cm³/mol. The molecule has 0 amide bonds. The van der Waals surface area contributed by atoms with Crippen LogP contribution in [0.25, 0.3) is 0 Å². The van der Waals surface area contributed by atoms with Crippen molar-refractivity contribution in [1.29, 1.82) is 0 Å². The normalized spacial score (nSPS) is 30.3. The lowest BCUT2D eigenvalue weighted by Crippen LogP contribution is -2.39. The van der Waals surface area contributed by atoms with E-state index in [9.17, 15) is 24.4 Å². The fraction of sp³-hybridized carbons (Fsp3) is 0.500. The maximum Gasteiger partial charge on any atom is 0.308 e. The van der Waals surface area contributed by atoms with Crippen molar-refractivity contribution < 1.29 is 19.2 Å². The van der Waals surface area contributed by atoms with Crippen molar-refractivity contribution in [2.24, 2.45) is 17.8 Å². The summed E-state index contributed by atoms with van der Waals surface area (Å²) in [4.78, 5) is 21.8. The summed E-state index contributed by atoms with van der Waals surface area (Å²) in [5, 5.41) is 23.3. The number of hydrogen-bond donors (Lipinski definition) is 2. The Morgan fingerprint density at radius 2 is 2.10 bits per heavy atom. The van der Waals surface area contributed by atoms with Crippen LogP contribution < -0.4 is 5.32 Å². The summed E-state index contributed by atoms with van der Waals surface area (Å²) >= 11 is 0. The molecule has 0 spiro atoms. The Hall–Kier alpha value is -2.18. The Balaban J connectivity index is 1.91. The zero-order chi connectivity index (χ0) is 15.1. The van der Waals surface area contributed by atoms with Gasteiger partial charge in [0, 0.05) is 18.2 Å². The predicted octanol–water partition coefficient (Wildman–Crippen LogP) is 2.65. The lowest BCUT2D eigenvalue weighted by molar-refractivity contribution is -0.384. The van der Waals surface area contributed by atoms with Crippen LogP contribution in [0.15, 0.2) is 18.2 Å². The van der Waals surface area contributed by atoms with Gasteiger partial charge in [0.2, 0.25) is 0 Å². The molecule has 0 aliphatic heterocycles. The average molecular weight is 294 g/mol. The number of halogens is 1. The lowest BCUT2D eigenvalue weighted by Gasteiger charge is -2.29. The standard InChI is InChI=1S/C14H15FN2O4/c15-9-3-4-11(17(20)21)10(6-9)16-13-8-2-1-7(5-8)12(13)14(18)19/h3-4,6-8,12-13,16H,1-2,5H2,(H,18,19). The average Bonchev–Trinajstić information content (AvgIpc) is 2.98. The minimum Gasteiger partial charge on any atom is -0.481 e. The number of carbonyl (C=O) groups is 1. The first-order valence-electron chi connectivity index (χ1n) is 6.90. The maximum absolute atomic E-state index is 13.3. The third kappa shape index (κ3) is 2.32. The molecule has 4 atom stereocenters. The summed E-state index contributed by atoms with van der Waals surface area (Å²) in [7, 11) is 0. The number of carboxylic acids is 1. The minimum atomic E-state index is -0.890. The highest BCUT2D eigenvalue weighted by atomic mass is 19.1. The molecule has 2 saturated carbocycles. The molecule has 6 nitrogen and oxygen atoms in total. The van der Waals surface area contributed by atoms with Crippen LogP contribution >= 0.6 is 0 Å². The first-order chi connectivity index (χ1) is 9.97. The number of nitro benzene ring substituents is 1. The molecule has 21 heavy (non-hydrogen) atoms. The highest BCUT2D eigenvalue weighted by molar-refractivity contribution is 5.74. The Kier molecular flexibility index (Phi) is 3.27. The Morgan fingerprint density at radius 1 is 1.38 bits per heavy atom. The first kappa shape index (κ1) is 13.8. The van der Waals surface area contributed by atoms with Crippen LogP contribution in [0.1, 0.15) is 19.3 Å². The number of nitrogens with one attached hydrogen (secondary N) is 1. The van der Waals surface area contributed by atoms with Crippen LogP contribution in [0.2, 0.25) is 0 Å². The van der Waals surface area contributed by atoms with Gasteiger partial charge in [-0.15, -0.1) is 0 Å². The van der Waals surface area contributed by atoms with Crippen LogP contribution in [0.5, 0.6) is 0 Å². The number of rotatable bonds is 4. The number of fused-ring (bicyclic) bond motifs is 2. The van der Waals surface area contributed by atoms with E-state index in [1.807, 2.05) is 0 Å². The fourth-order valence-corrected chi connectivity index (χ4v) is 3.82. The van der Waals surface area contributed by atoms with E-state index in [2.05, 4.69) is 5.32 Å². The van der Waals surface area contributed by atoms with Crippen molar-refractivity contribution in [2.75, 3.05) is 5.32 Å². The summed E-state index contributed by atoms with van der Waals surface area (Å²) < 4.78 is 13.3. The highest BCUT2D eigenvalue weighted by Gasteiger charge is 2.51. The molecule has 1 aromatic carbocycles. The topological polar surface area (TPSA) is 92.5 Å². The molecular weight excluding hydrogens is 279 g/mol. The Bertz CT molecular complexity index is 607. The van der Waals surface area contributed by atoms with Gasteiger partial charge in [-0.1, -0.05) is 0 Å². The van der Waals surface area contributed by atoms with Crippen LogP contribution in [-0.2, 0) is 4.79 Å². The van der Waals surface area contributed by atoms with Crippen molar-refractivity contribution >= 4 is 17.3 Å². The third-order valence-electron chi connectivity index (χ3n) is 4.68. The molecule has 0 saturated heterocycles. The van der Waals surface area contributed by atoms with E-state index in [1.165, 1.54) is 0 Å². The molecule has 2 bridgehead atoms. The van der Waals surface area contributed by atoms with E-state index in [4.69, 9.17) is 0 Å². The molecule has 2 aliphatic rings. The highest BCUT2D eigenvalue weighted by Crippen LogP contribution is 2.50. The van der Waals surface area contributed by atoms with Crippen LogP contribution in [0.3, 0.4) is 0 Å². The maximum atomic E-state index is 13.3. The van der Waals surface area contributed by atoms with Crippen molar-refractivity contribution in [3.8, 4) is 0 Å². The zero-order valence-electron chi connectivity index (χ0n) is 11.2. The zero-order valence-corrected chi connectivity index (χ0v) is 11.2. The molecule has 2 fully saturated rings. The molecule has 3 rings (SSSR count). The molecule has 2 aliphatic carbocycles. The number of benzene rings is 1. The molecule has 4 unspecified atom stereocenters. The summed E-state index contributed by atoms with van der Waals surface area (Å²) in [6.07, 6.45) is 2.61. The van der Waals surface area contributed by atoms with E-state index < -0.39 is 22.6 Å².